The molecule has 0 radical (unpaired) electrons. The van der Waals surface area contributed by atoms with Crippen LogP contribution in [0.5, 0.6) is 5.75 Å². The number of likely N-dealkylation sites (N-methyl/N-ethyl adjacent to an activating group) is 1. The van der Waals surface area contributed by atoms with Crippen molar-refractivity contribution in [1.82, 2.24) is 24.7 Å². The van der Waals surface area contributed by atoms with Crippen LogP contribution in [0.4, 0.5) is 4.79 Å². The Kier molecular flexibility index (Phi) is 6.26. The van der Waals surface area contributed by atoms with Gasteiger partial charge >= 0.3 is 6.03 Å². The summed E-state index contributed by atoms with van der Waals surface area (Å²) in [5, 5.41) is 9.85. The van der Waals surface area contributed by atoms with Crippen molar-refractivity contribution >= 4 is 28.7 Å². The van der Waals surface area contributed by atoms with Gasteiger partial charge in [0.2, 0.25) is 5.91 Å². The van der Waals surface area contributed by atoms with Crippen LogP contribution in [0, 0.1) is 0 Å². The van der Waals surface area contributed by atoms with Crippen molar-refractivity contribution in [3.63, 3.8) is 0 Å². The second-order valence-corrected chi connectivity index (χ2v) is 9.88. The number of benzene rings is 2. The summed E-state index contributed by atoms with van der Waals surface area (Å²) in [5.41, 5.74) is 5.74. The molecule has 0 saturated carbocycles. The van der Waals surface area contributed by atoms with Crippen LogP contribution < -0.4 is 10.2 Å². The van der Waals surface area contributed by atoms with E-state index in [2.05, 4.69) is 9.47 Å². The number of hydrogen-bond donors (Lipinski definition) is 2. The molecular formula is C27H29N5O6. The minimum Gasteiger partial charge on any atom is -0.478 e. The van der Waals surface area contributed by atoms with Gasteiger partial charge in [-0.25, -0.2) is 10.3 Å². The van der Waals surface area contributed by atoms with Crippen LogP contribution in [-0.2, 0) is 22.6 Å². The Morgan fingerprint density at radius 1 is 1.13 bits per heavy atom. The highest BCUT2D eigenvalue weighted by Crippen LogP contribution is 2.41. The van der Waals surface area contributed by atoms with Gasteiger partial charge in [-0.2, -0.15) is 0 Å². The molecule has 3 aliphatic heterocycles. The summed E-state index contributed by atoms with van der Waals surface area (Å²) >= 11 is 0. The summed E-state index contributed by atoms with van der Waals surface area (Å²) < 4.78 is 13.7. The highest BCUT2D eigenvalue weighted by molar-refractivity contribution is 6.04. The molecule has 2 aromatic carbocycles. The maximum Gasteiger partial charge on any atom is 0.326 e. The van der Waals surface area contributed by atoms with E-state index in [0.29, 0.717) is 45.1 Å². The van der Waals surface area contributed by atoms with Gasteiger partial charge < -0.3 is 18.9 Å². The minimum atomic E-state index is -0.577. The number of nitrogens with one attached hydrogen (secondary N) is 1. The standard InChI is InChI=1S/C27H29N5O6/c1-29-26(34)21-14-31(27(29)35)15-23-24(21)20-12-19(38-16-30-8-10-37-11-9-30)6-7-22(20)32(23)13-17-2-4-18(5-3-17)25(33)28-36/h2-7,12,21,36H,8-11,13-16H2,1H3,(H,28,33)/t21-/m1/s1. The fourth-order valence-electron chi connectivity index (χ4n) is 5.59. The van der Waals surface area contributed by atoms with E-state index in [4.69, 9.17) is 14.7 Å². The van der Waals surface area contributed by atoms with E-state index < -0.39 is 11.8 Å². The molecule has 198 valence electrons. The number of hydrogen-bond acceptors (Lipinski definition) is 7. The van der Waals surface area contributed by atoms with Crippen molar-refractivity contribution in [2.24, 2.45) is 0 Å². The number of urea groups is 1. The lowest BCUT2D eigenvalue weighted by molar-refractivity contribution is -0.132. The predicted molar refractivity (Wildman–Crippen MR) is 136 cm³/mol. The summed E-state index contributed by atoms with van der Waals surface area (Å²) in [7, 11) is 1.54. The minimum absolute atomic E-state index is 0.203. The quantitative estimate of drug-likeness (QED) is 0.378. The molecule has 38 heavy (non-hydrogen) atoms. The van der Waals surface area contributed by atoms with Gasteiger partial charge in [0.1, 0.15) is 12.5 Å². The molecule has 6 rings (SSSR count). The molecule has 4 amide bonds. The van der Waals surface area contributed by atoms with Gasteiger partial charge in [-0.3, -0.25) is 24.6 Å². The molecule has 11 heteroatoms. The van der Waals surface area contributed by atoms with Crippen molar-refractivity contribution in [3.8, 4) is 5.75 Å². The van der Waals surface area contributed by atoms with Crippen LogP contribution in [0.25, 0.3) is 10.9 Å². The van der Waals surface area contributed by atoms with Gasteiger partial charge in [0, 0.05) is 55.4 Å². The molecule has 2 saturated heterocycles. The maximum absolute atomic E-state index is 13.2. The summed E-state index contributed by atoms with van der Waals surface area (Å²) in [6.07, 6.45) is 0. The molecule has 2 fully saturated rings. The van der Waals surface area contributed by atoms with Gasteiger partial charge in [-0.05, 0) is 41.5 Å². The number of ether oxygens (including phenoxy) is 2. The number of aromatic nitrogens is 1. The second kappa shape index (κ2) is 9.75. The first-order valence-electron chi connectivity index (χ1n) is 12.6. The SMILES string of the molecule is CN1C(=O)[C@@H]2CN(Cc3c2c2cc(OCN4CCOCC4)ccc2n3Cc2ccc(C(=O)NO)cc2)C1=O. The van der Waals surface area contributed by atoms with Crippen molar-refractivity contribution in [2.45, 2.75) is 19.0 Å². The normalized spacial score (nSPS) is 19.6. The lowest BCUT2D eigenvalue weighted by atomic mass is 9.89. The Morgan fingerprint density at radius 3 is 2.63 bits per heavy atom. The zero-order valence-corrected chi connectivity index (χ0v) is 21.1. The van der Waals surface area contributed by atoms with E-state index in [1.165, 1.54) is 11.9 Å². The van der Waals surface area contributed by atoms with E-state index in [1.54, 1.807) is 22.5 Å². The Balaban J connectivity index is 1.39. The summed E-state index contributed by atoms with van der Waals surface area (Å²) in [5.74, 6) is -0.509. The Labute approximate surface area is 219 Å². The molecule has 3 aromatic rings. The van der Waals surface area contributed by atoms with Crippen LogP contribution in [-0.4, -0.2) is 88.9 Å². The van der Waals surface area contributed by atoms with Crippen LogP contribution >= 0.6 is 0 Å². The zero-order valence-electron chi connectivity index (χ0n) is 21.1. The van der Waals surface area contributed by atoms with E-state index >= 15 is 0 Å². The molecule has 2 N–H and O–H groups in total. The second-order valence-electron chi connectivity index (χ2n) is 9.88. The third-order valence-electron chi connectivity index (χ3n) is 7.64. The predicted octanol–water partition coefficient (Wildman–Crippen LogP) is 1.97. The monoisotopic (exact) mass is 519 g/mol. The number of nitrogens with zero attached hydrogens (tertiary/aromatic N) is 4. The fourth-order valence-corrected chi connectivity index (χ4v) is 5.59. The average Bonchev–Trinajstić information content (AvgIpc) is 3.26. The van der Waals surface area contributed by atoms with E-state index in [0.717, 1.165) is 46.6 Å². The molecule has 11 nitrogen and oxygen atoms in total. The van der Waals surface area contributed by atoms with Gasteiger partial charge in [0.05, 0.1) is 25.7 Å². The number of morpholine rings is 1. The molecule has 2 bridgehead atoms. The molecular weight excluding hydrogens is 490 g/mol. The van der Waals surface area contributed by atoms with Crippen LogP contribution in [0.15, 0.2) is 42.5 Å². The number of rotatable bonds is 6. The maximum atomic E-state index is 13.2. The number of amides is 4. The van der Waals surface area contributed by atoms with Crippen LogP contribution in [0.2, 0.25) is 0 Å². The molecule has 1 aromatic heterocycles. The lowest BCUT2D eigenvalue weighted by Crippen LogP contribution is -2.56. The molecule has 1 atom stereocenters. The number of carbonyl (C=O) groups is 3. The summed E-state index contributed by atoms with van der Waals surface area (Å²) in [6, 6.07) is 12.6. The van der Waals surface area contributed by atoms with Gasteiger partial charge in [0.25, 0.3) is 5.91 Å². The largest absolute Gasteiger partial charge is 0.478 e. The molecule has 4 heterocycles. The first-order chi connectivity index (χ1) is 18.4. The highest BCUT2D eigenvalue weighted by Gasteiger charge is 2.44. The summed E-state index contributed by atoms with van der Waals surface area (Å²) in [6.45, 7) is 4.72. The van der Waals surface area contributed by atoms with Gasteiger partial charge in [-0.15, -0.1) is 0 Å². The van der Waals surface area contributed by atoms with Gasteiger partial charge in [0.15, 0.2) is 0 Å². The smallest absolute Gasteiger partial charge is 0.326 e. The van der Waals surface area contributed by atoms with Gasteiger partial charge in [-0.1, -0.05) is 12.1 Å². The number of carbonyl (C=O) groups excluding carboxylic acids is 3. The van der Waals surface area contributed by atoms with E-state index in [1.807, 2.05) is 30.3 Å². The van der Waals surface area contributed by atoms with Crippen LogP contribution in [0.3, 0.4) is 0 Å². The third kappa shape index (κ3) is 4.18. The fraction of sp³-hybridized carbons (Fsp3) is 0.370. The van der Waals surface area contributed by atoms with Crippen molar-refractivity contribution in [3.05, 3.63) is 64.8 Å². The average molecular weight is 520 g/mol. The first kappa shape index (κ1) is 24.4. The van der Waals surface area contributed by atoms with Crippen molar-refractivity contribution < 1.29 is 29.1 Å². The van der Waals surface area contributed by atoms with E-state index in [9.17, 15) is 14.4 Å². The summed E-state index contributed by atoms with van der Waals surface area (Å²) in [4.78, 5) is 42.9. The lowest BCUT2D eigenvalue weighted by Gasteiger charge is -2.41. The molecule has 0 unspecified atom stereocenters. The zero-order chi connectivity index (χ0) is 26.4. The molecule has 0 aliphatic carbocycles. The highest BCUT2D eigenvalue weighted by atomic mass is 16.5. The Hall–Kier alpha value is -3.93. The molecule has 3 aliphatic rings. The number of fused-ring (bicyclic) bond motifs is 6. The Bertz CT molecular complexity index is 1410. The third-order valence-corrected chi connectivity index (χ3v) is 7.64. The molecule has 0 spiro atoms. The van der Waals surface area contributed by atoms with Crippen molar-refractivity contribution in [2.75, 3.05) is 46.6 Å². The Morgan fingerprint density at radius 2 is 1.89 bits per heavy atom. The van der Waals surface area contributed by atoms with E-state index in [-0.39, 0.29) is 11.9 Å². The topological polar surface area (TPSA) is 117 Å². The number of hydroxylamine groups is 1. The number of imide groups is 1. The first-order valence-corrected chi connectivity index (χ1v) is 12.6. The van der Waals surface area contributed by atoms with Crippen molar-refractivity contribution in [1.29, 1.82) is 0 Å². The van der Waals surface area contributed by atoms with Crippen LogP contribution in [0.1, 0.15) is 33.1 Å².